The topological polar surface area (TPSA) is 47.9 Å². The molecule has 0 spiro atoms. The number of rotatable bonds is 7. The molecule has 2 heterocycles. The maximum Gasteiger partial charge on any atom is 0.164 e. The van der Waals surface area contributed by atoms with Crippen molar-refractivity contribution in [3.8, 4) is 95.5 Å². The third kappa shape index (κ3) is 6.75. The molecule has 1 aromatic heterocycles. The first-order valence-corrected chi connectivity index (χ1v) is 19.7. The second-order valence-corrected chi connectivity index (χ2v) is 15.2. The van der Waals surface area contributed by atoms with E-state index in [-0.39, 0.29) is 0 Å². The van der Waals surface area contributed by atoms with E-state index in [4.69, 9.17) is 19.7 Å². The molecule has 10 rings (SSSR count). The van der Waals surface area contributed by atoms with Crippen LogP contribution in [-0.2, 0) is 5.60 Å². The summed E-state index contributed by atoms with van der Waals surface area (Å²) < 4.78 is 6.73. The SMILES string of the molecule is CC1(C)Oc2cc(-c3nc(-c4cc(-c5ccccc5)cc(-c5ccccc5)c4)nc(-c4cc(-c5ccccc5)cc(-c5ccccc5)c4)n3)ccc2-c2ccccc21. The van der Waals surface area contributed by atoms with Crippen LogP contribution in [0.3, 0.4) is 0 Å². The highest BCUT2D eigenvalue weighted by molar-refractivity contribution is 5.84. The lowest BCUT2D eigenvalue weighted by atomic mass is 9.86. The van der Waals surface area contributed by atoms with Crippen molar-refractivity contribution in [1.29, 1.82) is 0 Å². The first-order chi connectivity index (χ1) is 28.4. The molecule has 4 heteroatoms. The molecule has 0 unspecified atom stereocenters. The summed E-state index contributed by atoms with van der Waals surface area (Å²) in [5.74, 6) is 2.55. The highest BCUT2D eigenvalue weighted by atomic mass is 16.5. The zero-order valence-electron chi connectivity index (χ0n) is 32.3. The average Bonchev–Trinajstić information content (AvgIpc) is 3.29. The van der Waals surface area contributed by atoms with Gasteiger partial charge >= 0.3 is 0 Å². The average molecular weight is 746 g/mol. The van der Waals surface area contributed by atoms with Crippen LogP contribution in [0.5, 0.6) is 5.75 Å². The van der Waals surface area contributed by atoms with E-state index in [1.807, 2.05) is 24.3 Å². The van der Waals surface area contributed by atoms with Gasteiger partial charge in [0, 0.05) is 27.8 Å². The van der Waals surface area contributed by atoms with Crippen LogP contribution in [0.4, 0.5) is 0 Å². The Morgan fingerprint density at radius 3 is 1.10 bits per heavy atom. The van der Waals surface area contributed by atoms with Crippen LogP contribution in [0.2, 0.25) is 0 Å². The maximum atomic E-state index is 6.73. The van der Waals surface area contributed by atoms with Crippen molar-refractivity contribution in [1.82, 2.24) is 15.0 Å². The summed E-state index contributed by atoms with van der Waals surface area (Å²) in [6.07, 6.45) is 0. The molecule has 0 bridgehead atoms. The Labute approximate surface area is 339 Å². The second kappa shape index (κ2) is 14.6. The van der Waals surface area contributed by atoms with Gasteiger partial charge in [-0.3, -0.25) is 0 Å². The van der Waals surface area contributed by atoms with E-state index < -0.39 is 5.60 Å². The van der Waals surface area contributed by atoms with Gasteiger partial charge in [0.05, 0.1) is 0 Å². The van der Waals surface area contributed by atoms with Crippen molar-refractivity contribution >= 4 is 0 Å². The first-order valence-electron chi connectivity index (χ1n) is 19.7. The monoisotopic (exact) mass is 745 g/mol. The van der Waals surface area contributed by atoms with E-state index in [0.29, 0.717) is 17.5 Å². The fourth-order valence-electron chi connectivity index (χ4n) is 8.01. The summed E-state index contributed by atoms with van der Waals surface area (Å²) >= 11 is 0. The van der Waals surface area contributed by atoms with Gasteiger partial charge in [-0.15, -0.1) is 0 Å². The smallest absolute Gasteiger partial charge is 0.164 e. The number of ether oxygens (including phenoxy) is 1. The molecule has 1 aliphatic heterocycles. The minimum Gasteiger partial charge on any atom is -0.482 e. The summed E-state index contributed by atoms with van der Waals surface area (Å²) in [6, 6.07) is 70.0. The van der Waals surface area contributed by atoms with Gasteiger partial charge in [0.25, 0.3) is 0 Å². The van der Waals surface area contributed by atoms with Gasteiger partial charge in [0.15, 0.2) is 17.5 Å². The fraction of sp³-hybridized carbons (Fsp3) is 0.0556. The summed E-state index contributed by atoms with van der Waals surface area (Å²) in [6.45, 7) is 4.24. The lowest BCUT2D eigenvalue weighted by Gasteiger charge is -2.35. The van der Waals surface area contributed by atoms with Gasteiger partial charge in [0.2, 0.25) is 0 Å². The van der Waals surface area contributed by atoms with Crippen molar-refractivity contribution < 1.29 is 4.74 Å². The van der Waals surface area contributed by atoms with Crippen LogP contribution in [0, 0.1) is 0 Å². The molecule has 0 saturated heterocycles. The van der Waals surface area contributed by atoms with Crippen molar-refractivity contribution in [2.45, 2.75) is 19.4 Å². The predicted octanol–water partition coefficient (Wildman–Crippen LogP) is 13.8. The van der Waals surface area contributed by atoms with Crippen LogP contribution in [0.15, 0.2) is 200 Å². The maximum absolute atomic E-state index is 6.73. The Hall–Kier alpha value is -7.43. The summed E-state index contributed by atoms with van der Waals surface area (Å²) in [4.78, 5) is 15.9. The highest BCUT2D eigenvalue weighted by Gasteiger charge is 2.32. The van der Waals surface area contributed by atoms with Crippen LogP contribution >= 0.6 is 0 Å². The number of benzene rings is 8. The molecule has 0 amide bonds. The van der Waals surface area contributed by atoms with Crippen LogP contribution < -0.4 is 4.74 Å². The molecule has 276 valence electrons. The van der Waals surface area contributed by atoms with Crippen LogP contribution in [0.25, 0.3) is 89.8 Å². The molecule has 58 heavy (non-hydrogen) atoms. The molecule has 8 aromatic carbocycles. The third-order valence-corrected chi connectivity index (χ3v) is 10.9. The van der Waals surface area contributed by atoms with E-state index in [9.17, 15) is 0 Å². The largest absolute Gasteiger partial charge is 0.482 e. The molecule has 1 aliphatic rings. The molecule has 0 aliphatic carbocycles. The fourth-order valence-corrected chi connectivity index (χ4v) is 8.01. The van der Waals surface area contributed by atoms with Crippen LogP contribution in [0.1, 0.15) is 19.4 Å². The Bertz CT molecular complexity index is 2670. The standard InChI is InChI=1S/C54H39N3O/c1-54(2)49-26-16-15-25-47(49)48-28-27-40(35-50(48)58-54)51-55-52(45-31-41(36-17-7-3-8-18-36)29-42(32-45)37-19-9-4-10-20-37)57-53(56-51)46-33-43(38-21-11-5-12-22-38)30-44(34-46)39-23-13-6-14-24-39/h3-35H,1-2H3. The first kappa shape index (κ1) is 35.0. The number of hydrogen-bond donors (Lipinski definition) is 0. The Morgan fingerprint density at radius 1 is 0.310 bits per heavy atom. The Morgan fingerprint density at radius 2 is 0.672 bits per heavy atom. The molecule has 0 radical (unpaired) electrons. The molecular formula is C54H39N3O. The third-order valence-electron chi connectivity index (χ3n) is 10.9. The number of aromatic nitrogens is 3. The predicted molar refractivity (Wildman–Crippen MR) is 237 cm³/mol. The van der Waals surface area contributed by atoms with Gasteiger partial charge in [-0.05, 0) is 112 Å². The molecule has 9 aromatic rings. The zero-order valence-corrected chi connectivity index (χ0v) is 32.3. The number of nitrogens with zero attached hydrogens (tertiary/aromatic N) is 3. The summed E-state index contributed by atoms with van der Waals surface area (Å²) in [7, 11) is 0. The zero-order chi connectivity index (χ0) is 39.1. The Balaban J connectivity index is 1.21. The molecular weight excluding hydrogens is 707 g/mol. The van der Waals surface area contributed by atoms with E-state index in [1.165, 1.54) is 11.1 Å². The second-order valence-electron chi connectivity index (χ2n) is 15.2. The van der Waals surface area contributed by atoms with Crippen molar-refractivity contribution in [3.63, 3.8) is 0 Å². The van der Waals surface area contributed by atoms with E-state index in [2.05, 4.69) is 190 Å². The van der Waals surface area contributed by atoms with E-state index in [1.54, 1.807) is 0 Å². The van der Waals surface area contributed by atoms with Crippen LogP contribution in [-0.4, -0.2) is 15.0 Å². The highest BCUT2D eigenvalue weighted by Crippen LogP contribution is 2.46. The van der Waals surface area contributed by atoms with Gasteiger partial charge in [-0.1, -0.05) is 152 Å². The van der Waals surface area contributed by atoms with Gasteiger partial charge in [0.1, 0.15) is 11.4 Å². The lowest BCUT2D eigenvalue weighted by Crippen LogP contribution is -2.29. The lowest BCUT2D eigenvalue weighted by molar-refractivity contribution is 0.106. The van der Waals surface area contributed by atoms with Crippen molar-refractivity contribution in [2.24, 2.45) is 0 Å². The number of fused-ring (bicyclic) bond motifs is 3. The molecule has 0 atom stereocenters. The van der Waals surface area contributed by atoms with Gasteiger partial charge in [-0.25, -0.2) is 15.0 Å². The minimum absolute atomic E-state index is 0.505. The normalized spacial score (nSPS) is 12.6. The van der Waals surface area contributed by atoms with E-state index in [0.717, 1.165) is 72.5 Å². The molecule has 4 nitrogen and oxygen atoms in total. The molecule has 0 saturated carbocycles. The summed E-state index contributed by atoms with van der Waals surface area (Å²) in [5, 5.41) is 0. The minimum atomic E-state index is -0.505. The van der Waals surface area contributed by atoms with Crippen molar-refractivity contribution in [3.05, 3.63) is 206 Å². The summed E-state index contributed by atoms with van der Waals surface area (Å²) in [5.41, 5.74) is 14.4. The van der Waals surface area contributed by atoms with Crippen molar-refractivity contribution in [2.75, 3.05) is 0 Å². The Kier molecular flexibility index (Phi) is 8.80. The molecule has 0 N–H and O–H groups in total. The quantitative estimate of drug-likeness (QED) is 0.163. The van der Waals surface area contributed by atoms with Gasteiger partial charge < -0.3 is 4.74 Å². The van der Waals surface area contributed by atoms with Gasteiger partial charge in [-0.2, -0.15) is 0 Å². The molecule has 0 fully saturated rings. The van der Waals surface area contributed by atoms with E-state index >= 15 is 0 Å². The number of hydrogen-bond acceptors (Lipinski definition) is 4.